The fourth-order valence-corrected chi connectivity index (χ4v) is 3.99. The number of carboxylic acids is 1. The molecule has 1 N–H and O–H groups in total. The lowest BCUT2D eigenvalue weighted by atomic mass is 9.91. The summed E-state index contributed by atoms with van der Waals surface area (Å²) >= 11 is 0. The lowest BCUT2D eigenvalue weighted by Gasteiger charge is -2.34. The smallest absolute Gasteiger partial charge is 0.410 e. The molecule has 162 valence electrons. The molecular weight excluding hydrogens is 394 g/mol. The maximum Gasteiger partial charge on any atom is 0.410 e. The lowest BCUT2D eigenvalue weighted by molar-refractivity contribution is 0.0198. The predicted molar refractivity (Wildman–Crippen MR) is 118 cm³/mol. The number of carbonyl (C=O) groups excluding carboxylic acids is 1. The molecule has 3 aromatic rings. The van der Waals surface area contributed by atoms with Gasteiger partial charge in [-0.3, -0.25) is 0 Å². The lowest BCUT2D eigenvalue weighted by Crippen LogP contribution is -2.42. The van der Waals surface area contributed by atoms with Crippen LogP contribution in [0.4, 0.5) is 4.79 Å². The van der Waals surface area contributed by atoms with Gasteiger partial charge in [-0.2, -0.15) is 5.10 Å². The molecule has 1 aliphatic rings. The van der Waals surface area contributed by atoms with Crippen molar-refractivity contribution in [1.82, 2.24) is 14.7 Å². The number of amides is 1. The van der Waals surface area contributed by atoms with E-state index in [-0.39, 0.29) is 17.6 Å². The maximum absolute atomic E-state index is 12.4. The third kappa shape index (κ3) is 4.55. The molecule has 7 nitrogen and oxygen atoms in total. The van der Waals surface area contributed by atoms with Crippen molar-refractivity contribution in [3.8, 4) is 5.69 Å². The number of hydrogen-bond acceptors (Lipinski definition) is 4. The third-order valence-electron chi connectivity index (χ3n) is 5.47. The van der Waals surface area contributed by atoms with Crippen LogP contribution in [0.5, 0.6) is 0 Å². The maximum atomic E-state index is 12.4. The zero-order chi connectivity index (χ0) is 22.2. The Morgan fingerprint density at radius 2 is 1.87 bits per heavy atom. The zero-order valence-corrected chi connectivity index (χ0v) is 18.0. The molecule has 1 aromatic heterocycles. The molecule has 31 heavy (non-hydrogen) atoms. The number of fused-ring (bicyclic) bond motifs is 1. The van der Waals surface area contributed by atoms with Crippen molar-refractivity contribution in [2.75, 3.05) is 13.1 Å². The number of aromatic nitrogens is 2. The van der Waals surface area contributed by atoms with E-state index in [2.05, 4.69) is 17.2 Å². The number of rotatable bonds is 3. The number of piperidine rings is 1. The first-order valence-corrected chi connectivity index (χ1v) is 10.5. The minimum Gasteiger partial charge on any atom is -0.478 e. The van der Waals surface area contributed by atoms with Gasteiger partial charge in [0.1, 0.15) is 11.1 Å². The van der Waals surface area contributed by atoms with E-state index in [1.807, 2.05) is 45.2 Å². The molecule has 0 bridgehead atoms. The zero-order valence-electron chi connectivity index (χ0n) is 18.0. The number of ether oxygens (including phenoxy) is 1. The molecule has 1 saturated heterocycles. The summed E-state index contributed by atoms with van der Waals surface area (Å²) in [4.78, 5) is 25.7. The first kappa shape index (κ1) is 20.9. The van der Waals surface area contributed by atoms with Gasteiger partial charge in [-0.25, -0.2) is 14.3 Å². The van der Waals surface area contributed by atoms with Gasteiger partial charge in [0.25, 0.3) is 0 Å². The fourth-order valence-electron chi connectivity index (χ4n) is 3.99. The Bertz CT molecular complexity index is 1110. The molecular formula is C24H27N3O4. The highest BCUT2D eigenvalue weighted by molar-refractivity contribution is 6.01. The Morgan fingerprint density at radius 3 is 2.55 bits per heavy atom. The van der Waals surface area contributed by atoms with Crippen LogP contribution in [0.1, 0.15) is 55.5 Å². The Balaban J connectivity index is 1.52. The van der Waals surface area contributed by atoms with Gasteiger partial charge in [-0.1, -0.05) is 24.3 Å². The van der Waals surface area contributed by atoms with Crippen molar-refractivity contribution in [3.05, 3.63) is 59.8 Å². The highest BCUT2D eigenvalue weighted by Gasteiger charge is 2.28. The fraction of sp³-hybridized carbons (Fsp3) is 0.375. The normalized spacial score (nSPS) is 17.0. The minimum absolute atomic E-state index is 0.192. The SMILES string of the molecule is CC(C)(C)OC(=O)N1CCC[C@H](c2ccc(-n3cc4cccc(C(=O)O)c4n3)cc2)C1. The van der Waals surface area contributed by atoms with Crippen molar-refractivity contribution in [2.45, 2.75) is 45.1 Å². The van der Waals surface area contributed by atoms with E-state index >= 15 is 0 Å². The summed E-state index contributed by atoms with van der Waals surface area (Å²) in [5.41, 5.74) is 2.19. The molecule has 0 spiro atoms. The summed E-state index contributed by atoms with van der Waals surface area (Å²) < 4.78 is 7.23. The van der Waals surface area contributed by atoms with E-state index in [9.17, 15) is 14.7 Å². The van der Waals surface area contributed by atoms with Crippen molar-refractivity contribution in [2.24, 2.45) is 0 Å². The van der Waals surface area contributed by atoms with Crippen LogP contribution in [0.2, 0.25) is 0 Å². The van der Waals surface area contributed by atoms with E-state index in [1.54, 1.807) is 21.7 Å². The second kappa shape index (κ2) is 8.06. The van der Waals surface area contributed by atoms with Gasteiger partial charge in [0.05, 0.1) is 11.3 Å². The molecule has 0 aliphatic carbocycles. The highest BCUT2D eigenvalue weighted by Crippen LogP contribution is 2.29. The van der Waals surface area contributed by atoms with Crippen LogP contribution in [0, 0.1) is 0 Å². The highest BCUT2D eigenvalue weighted by atomic mass is 16.6. The molecule has 1 amide bonds. The van der Waals surface area contributed by atoms with Crippen LogP contribution in [0.25, 0.3) is 16.6 Å². The molecule has 0 saturated carbocycles. The molecule has 7 heteroatoms. The summed E-state index contributed by atoms with van der Waals surface area (Å²) in [5, 5.41) is 14.6. The van der Waals surface area contributed by atoms with Gasteiger partial charge >= 0.3 is 12.1 Å². The second-order valence-corrected chi connectivity index (χ2v) is 8.98. The van der Waals surface area contributed by atoms with Gasteiger partial charge in [0, 0.05) is 30.6 Å². The summed E-state index contributed by atoms with van der Waals surface area (Å²) in [7, 11) is 0. The molecule has 0 unspecified atom stereocenters. The number of aromatic carboxylic acids is 1. The van der Waals surface area contributed by atoms with Gasteiger partial charge in [0.2, 0.25) is 0 Å². The Hall–Kier alpha value is -3.35. The van der Waals surface area contributed by atoms with E-state index < -0.39 is 11.6 Å². The molecule has 1 atom stereocenters. The van der Waals surface area contributed by atoms with E-state index in [0.717, 1.165) is 30.5 Å². The van der Waals surface area contributed by atoms with Crippen LogP contribution < -0.4 is 0 Å². The van der Waals surface area contributed by atoms with E-state index in [4.69, 9.17) is 4.74 Å². The van der Waals surface area contributed by atoms with Crippen molar-refractivity contribution in [1.29, 1.82) is 0 Å². The van der Waals surface area contributed by atoms with E-state index in [1.165, 1.54) is 5.56 Å². The Morgan fingerprint density at radius 1 is 1.13 bits per heavy atom. The average Bonchev–Trinajstić information content (AvgIpc) is 3.17. The number of carbonyl (C=O) groups is 2. The van der Waals surface area contributed by atoms with Crippen LogP contribution in [-0.4, -0.2) is 50.5 Å². The van der Waals surface area contributed by atoms with Gasteiger partial charge in [-0.15, -0.1) is 0 Å². The molecule has 4 rings (SSSR count). The summed E-state index contributed by atoms with van der Waals surface area (Å²) in [6, 6.07) is 13.2. The number of carboxylic acid groups (broad SMARTS) is 1. The largest absolute Gasteiger partial charge is 0.478 e. The van der Waals surface area contributed by atoms with Gasteiger partial charge in [-0.05, 0) is 57.4 Å². The monoisotopic (exact) mass is 421 g/mol. The average molecular weight is 421 g/mol. The quantitative estimate of drug-likeness (QED) is 0.654. The number of likely N-dealkylation sites (tertiary alicyclic amines) is 1. The Labute approximate surface area is 181 Å². The van der Waals surface area contributed by atoms with E-state index in [0.29, 0.717) is 12.1 Å². The van der Waals surface area contributed by atoms with Crippen molar-refractivity contribution < 1.29 is 19.4 Å². The van der Waals surface area contributed by atoms with Crippen molar-refractivity contribution >= 4 is 23.0 Å². The number of benzene rings is 2. The van der Waals surface area contributed by atoms with Gasteiger partial charge < -0.3 is 14.7 Å². The summed E-state index contributed by atoms with van der Waals surface area (Å²) in [5.74, 6) is -0.733. The number of hydrogen-bond donors (Lipinski definition) is 1. The molecule has 1 fully saturated rings. The summed E-state index contributed by atoms with van der Waals surface area (Å²) in [6.07, 6.45) is 3.54. The van der Waals surface area contributed by atoms with Crippen LogP contribution >= 0.6 is 0 Å². The Kier molecular flexibility index (Phi) is 5.43. The topological polar surface area (TPSA) is 84.7 Å². The van der Waals surface area contributed by atoms with Gasteiger partial charge in [0.15, 0.2) is 0 Å². The standard InChI is InChI=1S/C24H27N3O4/c1-24(2,3)31-23(30)26-13-5-7-17(14-26)16-9-11-19(12-10-16)27-15-18-6-4-8-20(22(28)29)21(18)25-27/h4,6,8-12,15,17H,5,7,13-14H2,1-3H3,(H,28,29)/t17-/m0/s1. The number of nitrogens with zero attached hydrogens (tertiary/aromatic N) is 3. The predicted octanol–water partition coefficient (Wildman–Crippen LogP) is 4.84. The first-order chi connectivity index (χ1) is 14.7. The third-order valence-corrected chi connectivity index (χ3v) is 5.47. The second-order valence-electron chi connectivity index (χ2n) is 8.98. The molecule has 2 aromatic carbocycles. The summed E-state index contributed by atoms with van der Waals surface area (Å²) in [6.45, 7) is 6.99. The molecule has 1 aliphatic heterocycles. The minimum atomic E-state index is -0.988. The first-order valence-electron chi connectivity index (χ1n) is 10.5. The van der Waals surface area contributed by atoms with Crippen molar-refractivity contribution in [3.63, 3.8) is 0 Å². The molecule has 0 radical (unpaired) electrons. The van der Waals surface area contributed by atoms with Crippen LogP contribution in [-0.2, 0) is 4.74 Å². The van der Waals surface area contributed by atoms with Crippen LogP contribution in [0.15, 0.2) is 48.7 Å². The molecule has 2 heterocycles. The van der Waals surface area contributed by atoms with Crippen LogP contribution in [0.3, 0.4) is 0 Å².